The van der Waals surface area contributed by atoms with Gasteiger partial charge < -0.3 is 4.90 Å². The van der Waals surface area contributed by atoms with E-state index in [1.165, 1.54) is 12.5 Å². The molecule has 0 atom stereocenters. The van der Waals surface area contributed by atoms with Gasteiger partial charge in [0.1, 0.15) is 5.82 Å². The highest BCUT2D eigenvalue weighted by Crippen LogP contribution is 2.37. The first-order valence-electron chi connectivity index (χ1n) is 7.45. The molecule has 2 aliphatic carbocycles. The van der Waals surface area contributed by atoms with Gasteiger partial charge in [-0.15, -0.1) is 0 Å². The Bertz CT molecular complexity index is 509. The van der Waals surface area contributed by atoms with E-state index in [1.807, 2.05) is 6.07 Å². The molecule has 0 radical (unpaired) electrons. The number of amides is 1. The van der Waals surface area contributed by atoms with Crippen molar-refractivity contribution in [3.8, 4) is 0 Å². The number of nitrogens with zero attached hydrogens (tertiary/aromatic N) is 1. The van der Waals surface area contributed by atoms with Crippen LogP contribution in [0.4, 0.5) is 10.1 Å². The zero-order valence-corrected chi connectivity index (χ0v) is 13.0. The van der Waals surface area contributed by atoms with Crippen LogP contribution >= 0.6 is 15.9 Å². The summed E-state index contributed by atoms with van der Waals surface area (Å²) >= 11 is 3.28. The summed E-state index contributed by atoms with van der Waals surface area (Å²) in [7, 11) is 0. The molecule has 2 nitrogen and oxygen atoms in total. The first-order chi connectivity index (χ1) is 9.66. The lowest BCUT2D eigenvalue weighted by atomic mass is 9.93. The minimum absolute atomic E-state index is 0.123. The van der Waals surface area contributed by atoms with Crippen LogP contribution in [0, 0.1) is 11.7 Å². The third-order valence-electron chi connectivity index (χ3n) is 4.27. The fourth-order valence-corrected chi connectivity index (χ4v) is 3.37. The molecule has 0 heterocycles. The van der Waals surface area contributed by atoms with Gasteiger partial charge in [-0.05, 0) is 43.9 Å². The van der Waals surface area contributed by atoms with Crippen molar-refractivity contribution in [1.29, 1.82) is 0 Å². The van der Waals surface area contributed by atoms with Crippen molar-refractivity contribution in [2.75, 3.05) is 4.90 Å². The second kappa shape index (κ2) is 5.84. The van der Waals surface area contributed by atoms with Gasteiger partial charge in [0.25, 0.3) is 0 Å². The fourth-order valence-electron chi connectivity index (χ4n) is 3.04. The molecular formula is C16H19BrFNO. The molecule has 0 saturated heterocycles. The zero-order valence-electron chi connectivity index (χ0n) is 11.4. The second-order valence-corrected chi connectivity index (χ2v) is 6.79. The predicted molar refractivity (Wildman–Crippen MR) is 81.2 cm³/mol. The summed E-state index contributed by atoms with van der Waals surface area (Å²) in [6, 6.07) is 5.17. The molecule has 0 unspecified atom stereocenters. The summed E-state index contributed by atoms with van der Waals surface area (Å²) in [6.45, 7) is 0. The van der Waals surface area contributed by atoms with E-state index in [0.29, 0.717) is 10.2 Å². The van der Waals surface area contributed by atoms with Crippen LogP contribution in [0.3, 0.4) is 0 Å². The molecule has 2 aliphatic rings. The Kier molecular flexibility index (Phi) is 4.11. The highest BCUT2D eigenvalue weighted by molar-refractivity contribution is 9.10. The molecule has 3 rings (SSSR count). The third-order valence-corrected chi connectivity index (χ3v) is 4.77. The first kappa shape index (κ1) is 14.1. The minimum atomic E-state index is -0.307. The molecule has 0 bridgehead atoms. The zero-order chi connectivity index (χ0) is 14.1. The quantitative estimate of drug-likeness (QED) is 0.783. The molecule has 1 amide bonds. The van der Waals surface area contributed by atoms with Crippen molar-refractivity contribution >= 4 is 27.5 Å². The van der Waals surface area contributed by atoms with E-state index >= 15 is 0 Å². The fraction of sp³-hybridized carbons (Fsp3) is 0.562. The highest BCUT2D eigenvalue weighted by Gasteiger charge is 2.38. The summed E-state index contributed by atoms with van der Waals surface area (Å²) < 4.78 is 15.0. The van der Waals surface area contributed by atoms with Crippen LogP contribution in [-0.2, 0) is 4.79 Å². The Morgan fingerprint density at radius 1 is 1.15 bits per heavy atom. The Morgan fingerprint density at radius 3 is 2.45 bits per heavy atom. The van der Waals surface area contributed by atoms with Crippen LogP contribution in [0.5, 0.6) is 0 Å². The van der Waals surface area contributed by atoms with Gasteiger partial charge >= 0.3 is 0 Å². The number of rotatable bonds is 3. The summed E-state index contributed by atoms with van der Waals surface area (Å²) in [5.41, 5.74) is 0.456. The van der Waals surface area contributed by atoms with Gasteiger partial charge in [-0.3, -0.25) is 4.79 Å². The van der Waals surface area contributed by atoms with Crippen LogP contribution in [0.1, 0.15) is 44.9 Å². The monoisotopic (exact) mass is 339 g/mol. The predicted octanol–water partition coefficient (Wildman–Crippen LogP) is 4.66. The topological polar surface area (TPSA) is 20.3 Å². The van der Waals surface area contributed by atoms with Crippen molar-refractivity contribution in [1.82, 2.24) is 0 Å². The molecule has 2 fully saturated rings. The lowest BCUT2D eigenvalue weighted by molar-refractivity contribution is -0.120. The van der Waals surface area contributed by atoms with E-state index in [9.17, 15) is 9.18 Å². The smallest absolute Gasteiger partial charge is 0.230 e. The second-order valence-electron chi connectivity index (χ2n) is 5.87. The number of hydrogen-bond donors (Lipinski definition) is 0. The maximum atomic E-state index is 14.3. The van der Waals surface area contributed by atoms with Crippen LogP contribution in [0.15, 0.2) is 22.7 Å². The SMILES string of the molecule is O=C(C1CC1)N(c1ccc(Br)cc1F)C1CCCCC1. The Hall–Kier alpha value is -0.900. The van der Waals surface area contributed by atoms with E-state index in [1.54, 1.807) is 11.0 Å². The Labute approximate surface area is 127 Å². The number of hydrogen-bond acceptors (Lipinski definition) is 1. The summed E-state index contributed by atoms with van der Waals surface area (Å²) in [6.07, 6.45) is 7.40. The largest absolute Gasteiger partial charge is 0.306 e. The summed E-state index contributed by atoms with van der Waals surface area (Å²) in [5.74, 6) is -0.0583. The van der Waals surface area contributed by atoms with Crippen molar-refractivity contribution < 1.29 is 9.18 Å². The number of halogens is 2. The van der Waals surface area contributed by atoms with Crippen molar-refractivity contribution in [3.63, 3.8) is 0 Å². The number of benzene rings is 1. The molecule has 0 aliphatic heterocycles. The maximum Gasteiger partial charge on any atom is 0.230 e. The molecule has 0 spiro atoms. The van der Waals surface area contributed by atoms with Gasteiger partial charge in [0, 0.05) is 16.4 Å². The van der Waals surface area contributed by atoms with Crippen LogP contribution in [-0.4, -0.2) is 11.9 Å². The molecular weight excluding hydrogens is 321 g/mol. The van der Waals surface area contributed by atoms with Crippen LogP contribution in [0.25, 0.3) is 0 Å². The molecule has 0 N–H and O–H groups in total. The highest BCUT2D eigenvalue weighted by atomic mass is 79.9. The number of carbonyl (C=O) groups excluding carboxylic acids is 1. The van der Waals surface area contributed by atoms with E-state index in [0.717, 1.165) is 38.5 Å². The minimum Gasteiger partial charge on any atom is -0.306 e. The summed E-state index contributed by atoms with van der Waals surface area (Å²) in [5, 5.41) is 0. The van der Waals surface area contributed by atoms with E-state index in [-0.39, 0.29) is 23.7 Å². The van der Waals surface area contributed by atoms with Gasteiger partial charge in [-0.25, -0.2) is 4.39 Å². The van der Waals surface area contributed by atoms with Gasteiger partial charge in [0.15, 0.2) is 0 Å². The van der Waals surface area contributed by atoms with E-state index in [2.05, 4.69) is 15.9 Å². The molecule has 20 heavy (non-hydrogen) atoms. The third kappa shape index (κ3) is 2.90. The Morgan fingerprint density at radius 2 is 1.85 bits per heavy atom. The van der Waals surface area contributed by atoms with E-state index in [4.69, 9.17) is 0 Å². The molecule has 1 aromatic rings. The average molecular weight is 340 g/mol. The molecule has 108 valence electrons. The van der Waals surface area contributed by atoms with Gasteiger partial charge in [-0.2, -0.15) is 0 Å². The van der Waals surface area contributed by atoms with Gasteiger partial charge in [0.2, 0.25) is 5.91 Å². The standard InChI is InChI=1S/C16H19BrFNO/c17-12-8-9-15(14(18)10-12)19(16(20)11-6-7-11)13-4-2-1-3-5-13/h8-11,13H,1-7H2. The molecule has 2 saturated carbocycles. The van der Waals surface area contributed by atoms with E-state index < -0.39 is 0 Å². The van der Waals surface area contributed by atoms with Crippen LogP contribution in [0.2, 0.25) is 0 Å². The van der Waals surface area contributed by atoms with Gasteiger partial charge in [-0.1, -0.05) is 35.2 Å². The van der Waals surface area contributed by atoms with Gasteiger partial charge in [0.05, 0.1) is 5.69 Å². The summed E-state index contributed by atoms with van der Waals surface area (Å²) in [4.78, 5) is 14.4. The Balaban J connectivity index is 1.92. The normalized spacial score (nSPS) is 19.9. The maximum absolute atomic E-state index is 14.3. The van der Waals surface area contributed by atoms with Crippen molar-refractivity contribution in [3.05, 3.63) is 28.5 Å². The molecule has 0 aromatic heterocycles. The lowest BCUT2D eigenvalue weighted by Crippen LogP contribution is -2.43. The first-order valence-corrected chi connectivity index (χ1v) is 8.24. The van der Waals surface area contributed by atoms with Crippen molar-refractivity contribution in [2.24, 2.45) is 5.92 Å². The number of carbonyl (C=O) groups is 1. The average Bonchev–Trinajstić information content (AvgIpc) is 3.27. The van der Waals surface area contributed by atoms with Crippen LogP contribution < -0.4 is 4.90 Å². The molecule has 4 heteroatoms. The van der Waals surface area contributed by atoms with Crippen molar-refractivity contribution in [2.45, 2.75) is 51.0 Å². The molecule has 1 aromatic carbocycles. The lowest BCUT2D eigenvalue weighted by Gasteiger charge is -2.35. The number of anilines is 1.